The van der Waals surface area contributed by atoms with Crippen molar-refractivity contribution in [3.63, 3.8) is 0 Å². The van der Waals surface area contributed by atoms with Crippen molar-refractivity contribution in [2.24, 2.45) is 0 Å². The quantitative estimate of drug-likeness (QED) is 0.660. The smallest absolute Gasteiger partial charge is 0.193 e. The van der Waals surface area contributed by atoms with Crippen molar-refractivity contribution in [2.45, 2.75) is 6.61 Å². The Balaban J connectivity index is 1.90. The van der Waals surface area contributed by atoms with Crippen LogP contribution in [0.3, 0.4) is 0 Å². The number of nitrogens with zero attached hydrogens (tertiary/aromatic N) is 4. The fourth-order valence-corrected chi connectivity index (χ4v) is 1.78. The zero-order chi connectivity index (χ0) is 13.1. The number of rotatable bonds is 4. The first-order valence-corrected chi connectivity index (χ1v) is 5.71. The zero-order valence-electron chi connectivity index (χ0n) is 9.93. The topological polar surface area (TPSA) is 69.4 Å². The van der Waals surface area contributed by atoms with Gasteiger partial charge in [-0.1, -0.05) is 30.3 Å². The van der Waals surface area contributed by atoms with Gasteiger partial charge in [0.25, 0.3) is 0 Å². The Labute approximate surface area is 108 Å². The number of ether oxygens (including phenoxy) is 1. The first-order valence-electron chi connectivity index (χ1n) is 5.71. The molecule has 0 saturated heterocycles. The first-order chi connectivity index (χ1) is 9.38. The van der Waals surface area contributed by atoms with Gasteiger partial charge in [0, 0.05) is 6.20 Å². The Morgan fingerprint density at radius 1 is 1.21 bits per heavy atom. The summed E-state index contributed by atoms with van der Waals surface area (Å²) < 4.78 is 7.08. The molecule has 0 bridgehead atoms. The third kappa shape index (κ3) is 2.15. The number of benzene rings is 1. The average molecular weight is 254 g/mol. The molecule has 2 aromatic heterocycles. The minimum absolute atomic E-state index is 0.350. The SMILES string of the molecule is O=Cc1c(OCc2ccccc2)ccn2nnnc12. The van der Waals surface area contributed by atoms with Gasteiger partial charge in [0.05, 0.1) is 0 Å². The molecule has 6 heteroatoms. The molecule has 0 amide bonds. The van der Waals surface area contributed by atoms with Gasteiger partial charge in [-0.2, -0.15) is 4.52 Å². The molecule has 0 spiro atoms. The van der Waals surface area contributed by atoms with Crippen LogP contribution in [0.1, 0.15) is 15.9 Å². The lowest BCUT2D eigenvalue weighted by Crippen LogP contribution is -2.01. The fourth-order valence-electron chi connectivity index (χ4n) is 1.78. The molecule has 0 radical (unpaired) electrons. The lowest BCUT2D eigenvalue weighted by Gasteiger charge is -2.08. The van der Waals surface area contributed by atoms with E-state index in [9.17, 15) is 4.79 Å². The monoisotopic (exact) mass is 254 g/mol. The predicted molar refractivity (Wildman–Crippen MR) is 66.9 cm³/mol. The van der Waals surface area contributed by atoms with Gasteiger partial charge < -0.3 is 4.74 Å². The molecule has 0 unspecified atom stereocenters. The number of pyridine rings is 1. The molecule has 2 heterocycles. The summed E-state index contributed by atoms with van der Waals surface area (Å²) in [5.74, 6) is 0.473. The lowest BCUT2D eigenvalue weighted by atomic mass is 10.2. The van der Waals surface area contributed by atoms with Gasteiger partial charge in [-0.25, -0.2) is 0 Å². The zero-order valence-corrected chi connectivity index (χ0v) is 9.93. The Hall–Kier alpha value is -2.76. The molecule has 0 fully saturated rings. The van der Waals surface area contributed by atoms with E-state index >= 15 is 0 Å². The number of hydrogen-bond acceptors (Lipinski definition) is 5. The number of aldehydes is 1. The van der Waals surface area contributed by atoms with Crippen molar-refractivity contribution in [3.05, 3.63) is 53.7 Å². The number of aromatic nitrogens is 4. The highest BCUT2D eigenvalue weighted by Gasteiger charge is 2.11. The van der Waals surface area contributed by atoms with Gasteiger partial charge in [0.1, 0.15) is 17.9 Å². The molecule has 94 valence electrons. The van der Waals surface area contributed by atoms with Crippen LogP contribution in [0, 0.1) is 0 Å². The Morgan fingerprint density at radius 3 is 2.84 bits per heavy atom. The number of carbonyl (C=O) groups is 1. The molecular weight excluding hydrogens is 244 g/mol. The van der Waals surface area contributed by atoms with Crippen LogP contribution in [0.25, 0.3) is 5.65 Å². The van der Waals surface area contributed by atoms with Gasteiger partial charge in [0.2, 0.25) is 0 Å². The van der Waals surface area contributed by atoms with Gasteiger partial charge in [-0.3, -0.25) is 4.79 Å². The second-order valence-electron chi connectivity index (χ2n) is 3.93. The largest absolute Gasteiger partial charge is 0.488 e. The Bertz CT molecular complexity index is 709. The minimum Gasteiger partial charge on any atom is -0.488 e. The molecule has 6 nitrogen and oxygen atoms in total. The minimum atomic E-state index is 0.350. The van der Waals surface area contributed by atoms with E-state index in [-0.39, 0.29) is 0 Å². The van der Waals surface area contributed by atoms with E-state index in [1.54, 1.807) is 12.3 Å². The van der Waals surface area contributed by atoms with Crippen LogP contribution < -0.4 is 4.74 Å². The maximum Gasteiger partial charge on any atom is 0.193 e. The average Bonchev–Trinajstić information content (AvgIpc) is 2.94. The molecule has 1 aromatic carbocycles. The van der Waals surface area contributed by atoms with Crippen LogP contribution >= 0.6 is 0 Å². The van der Waals surface area contributed by atoms with E-state index < -0.39 is 0 Å². The molecule has 0 atom stereocenters. The van der Waals surface area contributed by atoms with Crippen LogP contribution in [0.5, 0.6) is 5.75 Å². The second kappa shape index (κ2) is 4.85. The van der Waals surface area contributed by atoms with Gasteiger partial charge in [-0.15, -0.1) is 5.10 Å². The third-order valence-electron chi connectivity index (χ3n) is 2.72. The molecule has 0 aliphatic heterocycles. The molecule has 0 aliphatic rings. The summed E-state index contributed by atoms with van der Waals surface area (Å²) in [5, 5.41) is 11.0. The van der Waals surface area contributed by atoms with Crippen LogP contribution in [0.2, 0.25) is 0 Å². The van der Waals surface area contributed by atoms with Gasteiger partial charge >= 0.3 is 0 Å². The third-order valence-corrected chi connectivity index (χ3v) is 2.72. The van der Waals surface area contributed by atoms with E-state index in [1.807, 2.05) is 30.3 Å². The molecule has 0 aliphatic carbocycles. The van der Waals surface area contributed by atoms with Crippen LogP contribution in [-0.4, -0.2) is 26.3 Å². The molecule has 0 N–H and O–H groups in total. The normalized spacial score (nSPS) is 10.5. The van der Waals surface area contributed by atoms with Crippen LogP contribution in [0.4, 0.5) is 0 Å². The summed E-state index contributed by atoms with van der Waals surface area (Å²) in [7, 11) is 0. The van der Waals surface area contributed by atoms with Crippen LogP contribution in [-0.2, 0) is 6.61 Å². The van der Waals surface area contributed by atoms with E-state index in [1.165, 1.54) is 4.52 Å². The predicted octanol–water partition coefficient (Wildman–Crippen LogP) is 1.52. The first kappa shape index (κ1) is 11.3. The van der Waals surface area contributed by atoms with Gasteiger partial charge in [0.15, 0.2) is 11.9 Å². The highest BCUT2D eigenvalue weighted by Crippen LogP contribution is 2.20. The number of hydrogen-bond donors (Lipinski definition) is 0. The second-order valence-corrected chi connectivity index (χ2v) is 3.93. The van der Waals surface area contributed by atoms with Crippen molar-refractivity contribution < 1.29 is 9.53 Å². The van der Waals surface area contributed by atoms with Crippen molar-refractivity contribution in [1.82, 2.24) is 20.0 Å². The highest BCUT2D eigenvalue weighted by molar-refractivity contribution is 5.87. The molecular formula is C13H10N4O2. The summed E-state index contributed by atoms with van der Waals surface area (Å²) in [6.07, 6.45) is 2.36. The van der Waals surface area contributed by atoms with Gasteiger partial charge in [-0.05, 0) is 22.1 Å². The number of fused-ring (bicyclic) bond motifs is 1. The van der Waals surface area contributed by atoms with Crippen molar-refractivity contribution in [1.29, 1.82) is 0 Å². The van der Waals surface area contributed by atoms with Crippen LogP contribution in [0.15, 0.2) is 42.6 Å². The molecule has 3 rings (SSSR count). The van der Waals surface area contributed by atoms with E-state index in [2.05, 4.69) is 15.5 Å². The fraction of sp³-hybridized carbons (Fsp3) is 0.0769. The molecule has 3 aromatic rings. The summed E-state index contributed by atoms with van der Waals surface area (Å²) in [6, 6.07) is 11.4. The number of carbonyl (C=O) groups excluding carboxylic acids is 1. The van der Waals surface area contributed by atoms with E-state index in [4.69, 9.17) is 4.74 Å². The van der Waals surface area contributed by atoms with E-state index in [0.29, 0.717) is 29.9 Å². The summed E-state index contributed by atoms with van der Waals surface area (Å²) in [4.78, 5) is 11.2. The van der Waals surface area contributed by atoms with E-state index in [0.717, 1.165) is 5.56 Å². The van der Waals surface area contributed by atoms with Crippen molar-refractivity contribution in [2.75, 3.05) is 0 Å². The lowest BCUT2D eigenvalue weighted by molar-refractivity contribution is 0.112. The standard InChI is InChI=1S/C13H10N4O2/c18-8-11-12(6-7-17-13(11)14-15-16-17)19-9-10-4-2-1-3-5-10/h1-8H,9H2. The summed E-state index contributed by atoms with van der Waals surface area (Å²) in [5.41, 5.74) is 1.77. The maximum atomic E-state index is 11.2. The van der Waals surface area contributed by atoms with Crippen molar-refractivity contribution >= 4 is 11.9 Å². The number of tetrazole rings is 1. The molecule has 0 saturated carbocycles. The molecule has 19 heavy (non-hydrogen) atoms. The van der Waals surface area contributed by atoms with Crippen molar-refractivity contribution in [3.8, 4) is 5.75 Å². The highest BCUT2D eigenvalue weighted by atomic mass is 16.5. The Kier molecular flexibility index (Phi) is 2.89. The Morgan fingerprint density at radius 2 is 2.05 bits per heavy atom. The summed E-state index contributed by atoms with van der Waals surface area (Å²) >= 11 is 0. The maximum absolute atomic E-state index is 11.2. The summed E-state index contributed by atoms with van der Waals surface area (Å²) in [6.45, 7) is 0.388.